The second-order valence-corrected chi connectivity index (χ2v) is 5.52. The zero-order valence-corrected chi connectivity index (χ0v) is 11.4. The molecule has 0 bridgehead atoms. The highest BCUT2D eigenvalue weighted by Crippen LogP contribution is 2.29. The van der Waals surface area contributed by atoms with Gasteiger partial charge in [0.2, 0.25) is 0 Å². The number of aryl methyl sites for hydroxylation is 2. The second-order valence-electron chi connectivity index (χ2n) is 4.53. The first-order valence-electron chi connectivity index (χ1n) is 5.96. The van der Waals surface area contributed by atoms with Crippen molar-refractivity contribution in [1.82, 2.24) is 20.4 Å². The summed E-state index contributed by atoms with van der Waals surface area (Å²) in [6, 6.07) is 0. The van der Waals surface area contributed by atoms with Crippen molar-refractivity contribution in [3.05, 3.63) is 33.9 Å². The Hall–Kier alpha value is -1.27. The van der Waals surface area contributed by atoms with Crippen LogP contribution in [0.5, 0.6) is 0 Å². The van der Waals surface area contributed by atoms with E-state index in [2.05, 4.69) is 27.3 Å². The molecule has 0 unspecified atom stereocenters. The number of ether oxygens (including phenoxy) is 1. The van der Waals surface area contributed by atoms with Crippen LogP contribution < -0.4 is 0 Å². The van der Waals surface area contributed by atoms with Crippen LogP contribution in [-0.4, -0.2) is 20.4 Å². The quantitative estimate of drug-likeness (QED) is 0.765. The first-order chi connectivity index (χ1) is 8.75. The highest BCUT2D eigenvalue weighted by atomic mass is 32.2. The molecule has 5 nitrogen and oxygen atoms in total. The number of nitrogens with one attached hydrogen (secondary N) is 2. The third kappa shape index (κ3) is 2.06. The van der Waals surface area contributed by atoms with Gasteiger partial charge in [-0.3, -0.25) is 10.2 Å². The first kappa shape index (κ1) is 11.8. The van der Waals surface area contributed by atoms with E-state index >= 15 is 0 Å². The van der Waals surface area contributed by atoms with E-state index in [4.69, 9.17) is 4.74 Å². The molecule has 2 aliphatic rings. The minimum Gasteiger partial charge on any atom is -0.370 e. The highest BCUT2D eigenvalue weighted by Gasteiger charge is 2.16. The maximum Gasteiger partial charge on any atom is 0.0937 e. The molecule has 2 aromatic heterocycles. The largest absolute Gasteiger partial charge is 0.370 e. The van der Waals surface area contributed by atoms with Crippen molar-refractivity contribution in [3.8, 4) is 0 Å². The molecule has 0 saturated carbocycles. The Morgan fingerprint density at radius 2 is 1.67 bits per heavy atom. The summed E-state index contributed by atoms with van der Waals surface area (Å²) >= 11 is 1.94. The molecule has 6 heteroatoms. The molecule has 2 aromatic rings. The summed E-state index contributed by atoms with van der Waals surface area (Å²) in [6.45, 7) is 5.51. The zero-order chi connectivity index (χ0) is 12.5. The van der Waals surface area contributed by atoms with Gasteiger partial charge in [-0.05, 0) is 13.8 Å². The fourth-order valence-corrected chi connectivity index (χ4v) is 3.25. The Morgan fingerprint density at radius 1 is 0.944 bits per heavy atom. The van der Waals surface area contributed by atoms with Gasteiger partial charge >= 0.3 is 0 Å². The molecule has 0 aliphatic carbocycles. The zero-order valence-electron chi connectivity index (χ0n) is 10.5. The predicted molar refractivity (Wildman–Crippen MR) is 70.1 cm³/mol. The summed E-state index contributed by atoms with van der Waals surface area (Å²) in [6.07, 6.45) is 0. The lowest BCUT2D eigenvalue weighted by atomic mass is 10.2. The van der Waals surface area contributed by atoms with Gasteiger partial charge in [0.05, 0.1) is 24.6 Å². The van der Waals surface area contributed by atoms with E-state index in [9.17, 15) is 0 Å². The molecule has 0 radical (unpaired) electrons. The first-order valence-corrected chi connectivity index (χ1v) is 7.12. The van der Waals surface area contributed by atoms with Gasteiger partial charge in [-0.25, -0.2) is 0 Å². The van der Waals surface area contributed by atoms with Gasteiger partial charge in [-0.1, -0.05) is 0 Å². The average Bonchev–Trinajstić information content (AvgIpc) is 3.06. The molecular weight excluding hydrogens is 248 g/mol. The van der Waals surface area contributed by atoms with Crippen LogP contribution >= 0.6 is 11.8 Å². The lowest BCUT2D eigenvalue weighted by Crippen LogP contribution is -1.82. The van der Waals surface area contributed by atoms with Gasteiger partial charge in [0.1, 0.15) is 0 Å². The van der Waals surface area contributed by atoms with Crippen molar-refractivity contribution in [3.63, 3.8) is 0 Å². The van der Waals surface area contributed by atoms with E-state index in [0.29, 0.717) is 6.61 Å². The summed E-state index contributed by atoms with van der Waals surface area (Å²) in [7, 11) is 0. The van der Waals surface area contributed by atoms with Crippen LogP contribution in [0, 0.1) is 13.8 Å². The molecular formula is C12H16N4OS. The molecule has 0 atom stereocenters. The summed E-state index contributed by atoms with van der Waals surface area (Å²) in [4.78, 5) is 0. The van der Waals surface area contributed by atoms with Crippen molar-refractivity contribution >= 4 is 11.8 Å². The summed E-state index contributed by atoms with van der Waals surface area (Å²) in [5.74, 6) is 2.25. The topological polar surface area (TPSA) is 66.6 Å². The number of hydrogen-bond donors (Lipinski definition) is 2. The van der Waals surface area contributed by atoms with Gasteiger partial charge in [0.15, 0.2) is 0 Å². The van der Waals surface area contributed by atoms with Gasteiger partial charge in [0.25, 0.3) is 0 Å². The SMILES string of the molecule is Cc1[nH]nc2c1COC2.Cc1[nH]nc2c1CSC2. The minimum atomic E-state index is 0.680. The number of H-pyrrole nitrogens is 2. The molecule has 4 rings (SSSR count). The predicted octanol–water partition coefficient (Wildman–Crippen LogP) is 2.21. The number of fused-ring (bicyclic) bond motifs is 2. The fourth-order valence-electron chi connectivity index (χ4n) is 2.13. The van der Waals surface area contributed by atoms with Crippen LogP contribution in [0.3, 0.4) is 0 Å². The van der Waals surface area contributed by atoms with Crippen molar-refractivity contribution < 1.29 is 4.74 Å². The van der Waals surface area contributed by atoms with E-state index in [1.165, 1.54) is 22.5 Å². The Kier molecular flexibility index (Phi) is 3.13. The van der Waals surface area contributed by atoms with Crippen LogP contribution in [0.25, 0.3) is 0 Å². The van der Waals surface area contributed by atoms with Crippen LogP contribution in [0.15, 0.2) is 0 Å². The van der Waals surface area contributed by atoms with Crippen molar-refractivity contribution in [1.29, 1.82) is 0 Å². The average molecular weight is 264 g/mol. The fraction of sp³-hybridized carbons (Fsp3) is 0.500. The van der Waals surface area contributed by atoms with E-state index < -0.39 is 0 Å². The monoisotopic (exact) mass is 264 g/mol. The van der Waals surface area contributed by atoms with E-state index in [0.717, 1.165) is 29.5 Å². The lowest BCUT2D eigenvalue weighted by molar-refractivity contribution is 0.131. The highest BCUT2D eigenvalue weighted by molar-refractivity contribution is 7.98. The summed E-state index contributed by atoms with van der Waals surface area (Å²) in [5, 5.41) is 14.1. The molecule has 96 valence electrons. The molecule has 0 spiro atoms. The number of rotatable bonds is 0. The van der Waals surface area contributed by atoms with Crippen molar-refractivity contribution in [2.75, 3.05) is 0 Å². The molecule has 0 amide bonds. The molecule has 2 aliphatic heterocycles. The number of aromatic nitrogens is 4. The normalized spacial score (nSPS) is 16.1. The third-order valence-corrected chi connectivity index (χ3v) is 4.26. The molecule has 2 N–H and O–H groups in total. The van der Waals surface area contributed by atoms with Crippen LogP contribution in [0.1, 0.15) is 33.9 Å². The molecule has 0 saturated heterocycles. The second kappa shape index (κ2) is 4.78. The van der Waals surface area contributed by atoms with E-state index in [-0.39, 0.29) is 0 Å². The van der Waals surface area contributed by atoms with Gasteiger partial charge in [-0.15, -0.1) is 0 Å². The Balaban J connectivity index is 0.000000111. The van der Waals surface area contributed by atoms with Crippen LogP contribution in [-0.2, 0) is 29.5 Å². The Bertz CT molecular complexity index is 510. The Labute approximate surface area is 110 Å². The van der Waals surface area contributed by atoms with Crippen molar-refractivity contribution in [2.45, 2.75) is 38.6 Å². The Morgan fingerprint density at radius 3 is 2.39 bits per heavy atom. The van der Waals surface area contributed by atoms with Gasteiger partial charge in [0, 0.05) is 34.0 Å². The van der Waals surface area contributed by atoms with Gasteiger partial charge in [-0.2, -0.15) is 22.0 Å². The van der Waals surface area contributed by atoms with Gasteiger partial charge < -0.3 is 4.74 Å². The molecule has 4 heterocycles. The smallest absolute Gasteiger partial charge is 0.0937 e. The summed E-state index contributed by atoms with van der Waals surface area (Å²) in [5.41, 5.74) is 7.40. The maximum atomic E-state index is 5.15. The maximum absolute atomic E-state index is 5.15. The third-order valence-electron chi connectivity index (χ3n) is 3.29. The molecule has 18 heavy (non-hydrogen) atoms. The standard InChI is InChI=1S/C6H8N2O.C6H8N2S/c2*1-4-5-2-9-3-6(5)8-7-4/h2*2-3H2,1H3,(H,7,8). The number of nitrogens with zero attached hydrogens (tertiary/aromatic N) is 2. The molecule has 0 fully saturated rings. The number of hydrogen-bond acceptors (Lipinski definition) is 4. The van der Waals surface area contributed by atoms with Crippen molar-refractivity contribution in [2.24, 2.45) is 0 Å². The van der Waals surface area contributed by atoms with Crippen LogP contribution in [0.4, 0.5) is 0 Å². The summed E-state index contributed by atoms with van der Waals surface area (Å²) < 4.78 is 5.15. The lowest BCUT2D eigenvalue weighted by Gasteiger charge is -1.87. The molecule has 0 aromatic carbocycles. The van der Waals surface area contributed by atoms with E-state index in [1.807, 2.05) is 18.7 Å². The van der Waals surface area contributed by atoms with E-state index in [1.54, 1.807) is 0 Å². The van der Waals surface area contributed by atoms with Crippen LogP contribution in [0.2, 0.25) is 0 Å². The number of thioether (sulfide) groups is 1. The minimum absolute atomic E-state index is 0.680. The number of aromatic amines is 2.